The number of hydrogen-bond acceptors (Lipinski definition) is 3. The number of nitrogens with two attached hydrogens (primary N) is 1. The van der Waals surface area contributed by atoms with Crippen LogP contribution in [0.4, 0.5) is 4.39 Å². The normalized spacial score (nSPS) is 18.1. The van der Waals surface area contributed by atoms with Crippen molar-refractivity contribution in [3.63, 3.8) is 0 Å². The number of ether oxygens (including phenoxy) is 2. The van der Waals surface area contributed by atoms with Gasteiger partial charge in [-0.05, 0) is 30.5 Å². The van der Waals surface area contributed by atoms with E-state index in [0.717, 1.165) is 31.2 Å². The Bertz CT molecular complexity index is 414. The minimum Gasteiger partial charge on any atom is -0.493 e. The molecule has 0 radical (unpaired) electrons. The second-order valence-corrected chi connectivity index (χ2v) is 4.56. The molecule has 0 aromatic heterocycles. The average molecular weight is 239 g/mol. The first kappa shape index (κ1) is 12.2. The predicted molar refractivity (Wildman–Crippen MR) is 63.8 cm³/mol. The fourth-order valence-corrected chi connectivity index (χ4v) is 2.50. The van der Waals surface area contributed by atoms with Gasteiger partial charge in [-0.15, -0.1) is 0 Å². The van der Waals surface area contributed by atoms with E-state index >= 15 is 0 Å². The number of hydrogen-bond donors (Lipinski definition) is 1. The topological polar surface area (TPSA) is 44.5 Å². The summed E-state index contributed by atoms with van der Waals surface area (Å²) < 4.78 is 24.0. The number of rotatable bonds is 3. The van der Waals surface area contributed by atoms with Crippen LogP contribution >= 0.6 is 0 Å². The van der Waals surface area contributed by atoms with Crippen molar-refractivity contribution in [2.45, 2.75) is 31.2 Å². The van der Waals surface area contributed by atoms with Crippen molar-refractivity contribution in [3.05, 3.63) is 23.5 Å². The molecule has 0 unspecified atom stereocenters. The quantitative estimate of drug-likeness (QED) is 0.881. The zero-order chi connectivity index (χ0) is 12.5. The van der Waals surface area contributed by atoms with Crippen LogP contribution in [0, 0.1) is 5.82 Å². The Kier molecular flexibility index (Phi) is 3.24. The van der Waals surface area contributed by atoms with E-state index in [2.05, 4.69) is 0 Å². The van der Waals surface area contributed by atoms with Crippen molar-refractivity contribution in [2.75, 3.05) is 14.2 Å². The lowest BCUT2D eigenvalue weighted by atomic mass is 9.89. The van der Waals surface area contributed by atoms with Crippen LogP contribution in [0.2, 0.25) is 0 Å². The van der Waals surface area contributed by atoms with Crippen LogP contribution in [0.5, 0.6) is 11.5 Å². The Morgan fingerprint density at radius 3 is 2.35 bits per heavy atom. The molecule has 94 valence electrons. The molecule has 0 bridgehead atoms. The van der Waals surface area contributed by atoms with Gasteiger partial charge in [-0.3, -0.25) is 0 Å². The first-order valence-electron chi connectivity index (χ1n) is 5.81. The van der Waals surface area contributed by atoms with Crippen LogP contribution in [0.15, 0.2) is 12.1 Å². The Morgan fingerprint density at radius 2 is 1.82 bits per heavy atom. The summed E-state index contributed by atoms with van der Waals surface area (Å²) in [5, 5.41) is 0. The zero-order valence-electron chi connectivity index (χ0n) is 10.3. The van der Waals surface area contributed by atoms with Gasteiger partial charge in [0, 0.05) is 5.54 Å². The lowest BCUT2D eigenvalue weighted by molar-refractivity contribution is 0.334. The van der Waals surface area contributed by atoms with Gasteiger partial charge in [0.25, 0.3) is 0 Å². The van der Waals surface area contributed by atoms with Crippen molar-refractivity contribution >= 4 is 0 Å². The maximum atomic E-state index is 13.9. The van der Waals surface area contributed by atoms with Gasteiger partial charge in [0.05, 0.1) is 14.2 Å². The lowest BCUT2D eigenvalue weighted by Gasteiger charge is -2.25. The SMILES string of the molecule is COc1cc(C2(N)CCCC2)cc(F)c1OC. The lowest BCUT2D eigenvalue weighted by Crippen LogP contribution is -2.33. The van der Waals surface area contributed by atoms with E-state index in [9.17, 15) is 4.39 Å². The minimum atomic E-state index is -0.418. The Balaban J connectivity index is 2.46. The van der Waals surface area contributed by atoms with Crippen molar-refractivity contribution in [1.82, 2.24) is 0 Å². The van der Waals surface area contributed by atoms with Crippen molar-refractivity contribution in [3.8, 4) is 11.5 Å². The van der Waals surface area contributed by atoms with E-state index in [-0.39, 0.29) is 5.75 Å². The molecule has 1 aliphatic rings. The van der Waals surface area contributed by atoms with Crippen LogP contribution in [0.3, 0.4) is 0 Å². The fourth-order valence-electron chi connectivity index (χ4n) is 2.50. The number of halogens is 1. The number of methoxy groups -OCH3 is 2. The molecule has 0 aliphatic heterocycles. The third kappa shape index (κ3) is 2.09. The summed E-state index contributed by atoms with van der Waals surface area (Å²) in [5.41, 5.74) is 6.68. The second-order valence-electron chi connectivity index (χ2n) is 4.56. The standard InChI is InChI=1S/C13H18FNO2/c1-16-11-8-9(7-10(14)12(11)17-2)13(15)5-3-4-6-13/h7-8H,3-6,15H2,1-2H3. The summed E-state index contributed by atoms with van der Waals surface area (Å²) in [6.07, 6.45) is 3.96. The average Bonchev–Trinajstić information content (AvgIpc) is 2.76. The minimum absolute atomic E-state index is 0.137. The van der Waals surface area contributed by atoms with Gasteiger partial charge in [-0.25, -0.2) is 4.39 Å². The summed E-state index contributed by atoms with van der Waals surface area (Å²) in [6.45, 7) is 0. The molecule has 0 saturated heterocycles. The highest BCUT2D eigenvalue weighted by Gasteiger charge is 2.32. The Morgan fingerprint density at radius 1 is 1.18 bits per heavy atom. The largest absolute Gasteiger partial charge is 0.493 e. The van der Waals surface area contributed by atoms with Crippen molar-refractivity contribution in [1.29, 1.82) is 0 Å². The van der Waals surface area contributed by atoms with Crippen LogP contribution in [0.1, 0.15) is 31.2 Å². The summed E-state index contributed by atoms with van der Waals surface area (Å²) in [6, 6.07) is 3.25. The molecule has 1 aliphatic carbocycles. The van der Waals surface area contributed by atoms with Gasteiger partial charge < -0.3 is 15.2 Å². The van der Waals surface area contributed by atoms with Crippen LogP contribution < -0.4 is 15.2 Å². The van der Waals surface area contributed by atoms with E-state index < -0.39 is 11.4 Å². The highest BCUT2D eigenvalue weighted by Crippen LogP contribution is 2.40. The molecule has 1 aromatic rings. The first-order valence-corrected chi connectivity index (χ1v) is 5.81. The molecular formula is C13H18FNO2. The highest BCUT2D eigenvalue weighted by molar-refractivity contribution is 5.46. The zero-order valence-corrected chi connectivity index (χ0v) is 10.3. The second kappa shape index (κ2) is 4.53. The first-order chi connectivity index (χ1) is 8.10. The van der Waals surface area contributed by atoms with Gasteiger partial charge in [-0.1, -0.05) is 12.8 Å². The molecule has 2 N–H and O–H groups in total. The molecule has 2 rings (SSSR count). The molecule has 1 aromatic carbocycles. The van der Waals surface area contributed by atoms with E-state index in [1.165, 1.54) is 20.3 Å². The summed E-state index contributed by atoms with van der Waals surface area (Å²) in [4.78, 5) is 0. The summed E-state index contributed by atoms with van der Waals surface area (Å²) in [5.74, 6) is 0.121. The molecule has 17 heavy (non-hydrogen) atoms. The summed E-state index contributed by atoms with van der Waals surface area (Å²) in [7, 11) is 2.92. The monoisotopic (exact) mass is 239 g/mol. The van der Waals surface area contributed by atoms with E-state index in [4.69, 9.17) is 15.2 Å². The van der Waals surface area contributed by atoms with Gasteiger partial charge >= 0.3 is 0 Å². The summed E-state index contributed by atoms with van der Waals surface area (Å²) >= 11 is 0. The van der Waals surface area contributed by atoms with E-state index in [1.54, 1.807) is 6.07 Å². The van der Waals surface area contributed by atoms with E-state index in [1.807, 2.05) is 0 Å². The molecule has 0 heterocycles. The van der Waals surface area contributed by atoms with Crippen LogP contribution in [-0.2, 0) is 5.54 Å². The van der Waals surface area contributed by atoms with Crippen molar-refractivity contribution in [2.24, 2.45) is 5.73 Å². The van der Waals surface area contributed by atoms with Gasteiger partial charge in [-0.2, -0.15) is 0 Å². The molecule has 1 saturated carbocycles. The van der Waals surface area contributed by atoms with Gasteiger partial charge in [0.15, 0.2) is 17.3 Å². The molecule has 4 heteroatoms. The smallest absolute Gasteiger partial charge is 0.196 e. The number of benzene rings is 1. The van der Waals surface area contributed by atoms with Gasteiger partial charge in [0.2, 0.25) is 0 Å². The molecule has 3 nitrogen and oxygen atoms in total. The molecular weight excluding hydrogens is 221 g/mol. The maximum Gasteiger partial charge on any atom is 0.196 e. The Hall–Kier alpha value is -1.29. The molecule has 0 amide bonds. The van der Waals surface area contributed by atoms with Gasteiger partial charge in [0.1, 0.15) is 0 Å². The van der Waals surface area contributed by atoms with Crippen LogP contribution in [0.25, 0.3) is 0 Å². The van der Waals surface area contributed by atoms with E-state index in [0.29, 0.717) is 5.75 Å². The van der Waals surface area contributed by atoms with Crippen molar-refractivity contribution < 1.29 is 13.9 Å². The Labute approximate surface area is 101 Å². The molecule has 1 fully saturated rings. The maximum absolute atomic E-state index is 13.9. The fraction of sp³-hybridized carbons (Fsp3) is 0.538. The third-order valence-electron chi connectivity index (χ3n) is 3.50. The predicted octanol–water partition coefficient (Wildman–Crippen LogP) is 2.57. The molecule has 0 spiro atoms. The van der Waals surface area contributed by atoms with Crippen LogP contribution in [-0.4, -0.2) is 14.2 Å². The molecule has 0 atom stereocenters. The third-order valence-corrected chi connectivity index (χ3v) is 3.50. The highest BCUT2D eigenvalue weighted by atomic mass is 19.1.